The summed E-state index contributed by atoms with van der Waals surface area (Å²) in [6, 6.07) is 9.96. The second-order valence-electron chi connectivity index (χ2n) is 5.59. The van der Waals surface area contributed by atoms with Gasteiger partial charge in [-0.3, -0.25) is 4.90 Å². The summed E-state index contributed by atoms with van der Waals surface area (Å²) in [5.41, 5.74) is 1.03. The number of β-amino-alcohol motifs (C(OH)–C–C–N with tert-alkyl or cyclic N) is 1. The standard InChI is InChI=1S/C15H23NO/c1-12-8-13(2)10-16(9-12)11-15(17)14-6-4-3-5-7-14/h3-7,12-13,15,17H,8-11H2,1-2H3/t12-,13+,15-/m1/s1. The summed E-state index contributed by atoms with van der Waals surface area (Å²) >= 11 is 0. The van der Waals surface area contributed by atoms with E-state index in [1.807, 2.05) is 30.3 Å². The first-order valence-corrected chi connectivity index (χ1v) is 6.60. The van der Waals surface area contributed by atoms with Crippen LogP contribution in [0.2, 0.25) is 0 Å². The van der Waals surface area contributed by atoms with Crippen molar-refractivity contribution in [2.45, 2.75) is 26.4 Å². The van der Waals surface area contributed by atoms with Crippen molar-refractivity contribution in [3.8, 4) is 0 Å². The molecule has 17 heavy (non-hydrogen) atoms. The highest BCUT2D eigenvalue weighted by molar-refractivity contribution is 5.17. The normalized spacial score (nSPS) is 27.9. The van der Waals surface area contributed by atoms with Gasteiger partial charge in [-0.1, -0.05) is 44.2 Å². The third kappa shape index (κ3) is 3.55. The van der Waals surface area contributed by atoms with Gasteiger partial charge in [0.25, 0.3) is 0 Å². The molecule has 0 aromatic heterocycles. The second-order valence-corrected chi connectivity index (χ2v) is 5.59. The Balaban J connectivity index is 1.92. The molecule has 0 amide bonds. The lowest BCUT2D eigenvalue weighted by Crippen LogP contribution is -2.40. The van der Waals surface area contributed by atoms with Crippen molar-refractivity contribution in [2.75, 3.05) is 19.6 Å². The lowest BCUT2D eigenvalue weighted by molar-refractivity contribution is 0.0699. The zero-order valence-corrected chi connectivity index (χ0v) is 10.8. The molecule has 2 rings (SSSR count). The molecule has 0 radical (unpaired) electrons. The summed E-state index contributed by atoms with van der Waals surface area (Å²) in [6.45, 7) is 7.61. The highest BCUT2D eigenvalue weighted by Gasteiger charge is 2.23. The van der Waals surface area contributed by atoms with Crippen molar-refractivity contribution in [3.63, 3.8) is 0 Å². The van der Waals surface area contributed by atoms with Crippen molar-refractivity contribution in [2.24, 2.45) is 11.8 Å². The summed E-state index contributed by atoms with van der Waals surface area (Å²) in [7, 11) is 0. The number of hydrogen-bond acceptors (Lipinski definition) is 2. The van der Waals surface area contributed by atoms with Gasteiger partial charge < -0.3 is 5.11 Å². The molecule has 1 heterocycles. The maximum Gasteiger partial charge on any atom is 0.0916 e. The molecule has 1 N–H and O–H groups in total. The van der Waals surface area contributed by atoms with Gasteiger partial charge >= 0.3 is 0 Å². The maximum atomic E-state index is 10.2. The fraction of sp³-hybridized carbons (Fsp3) is 0.600. The van der Waals surface area contributed by atoms with E-state index in [9.17, 15) is 5.11 Å². The van der Waals surface area contributed by atoms with Crippen LogP contribution in [0, 0.1) is 11.8 Å². The molecule has 3 atom stereocenters. The molecule has 1 aromatic carbocycles. The van der Waals surface area contributed by atoms with E-state index in [1.165, 1.54) is 6.42 Å². The van der Waals surface area contributed by atoms with Gasteiger partial charge in [0.05, 0.1) is 6.10 Å². The van der Waals surface area contributed by atoms with E-state index in [0.717, 1.165) is 37.0 Å². The fourth-order valence-corrected chi connectivity index (χ4v) is 2.97. The average molecular weight is 233 g/mol. The minimum Gasteiger partial charge on any atom is -0.387 e. The van der Waals surface area contributed by atoms with Gasteiger partial charge in [0.2, 0.25) is 0 Å². The highest BCUT2D eigenvalue weighted by Crippen LogP contribution is 2.23. The molecular formula is C15H23NO. The summed E-state index contributed by atoms with van der Waals surface area (Å²) < 4.78 is 0. The largest absolute Gasteiger partial charge is 0.387 e. The van der Waals surface area contributed by atoms with Crippen molar-refractivity contribution in [1.82, 2.24) is 4.90 Å². The van der Waals surface area contributed by atoms with Gasteiger partial charge in [-0.2, -0.15) is 0 Å². The van der Waals surface area contributed by atoms with Crippen LogP contribution in [0.25, 0.3) is 0 Å². The fourth-order valence-electron chi connectivity index (χ4n) is 2.97. The number of nitrogens with zero attached hydrogens (tertiary/aromatic N) is 1. The van der Waals surface area contributed by atoms with E-state index in [2.05, 4.69) is 18.7 Å². The quantitative estimate of drug-likeness (QED) is 0.867. The van der Waals surface area contributed by atoms with Gasteiger partial charge in [0, 0.05) is 19.6 Å². The van der Waals surface area contributed by atoms with Crippen LogP contribution < -0.4 is 0 Å². The minimum atomic E-state index is -0.353. The number of likely N-dealkylation sites (tertiary alicyclic amines) is 1. The van der Waals surface area contributed by atoms with Gasteiger partial charge in [0.1, 0.15) is 0 Å². The SMILES string of the molecule is C[C@@H]1C[C@H](C)CN(C[C@@H](O)c2ccccc2)C1. The van der Waals surface area contributed by atoms with Crippen LogP contribution in [0.5, 0.6) is 0 Å². The Labute approximate surface area is 104 Å². The van der Waals surface area contributed by atoms with Crippen LogP contribution >= 0.6 is 0 Å². The smallest absolute Gasteiger partial charge is 0.0916 e. The van der Waals surface area contributed by atoms with Crippen LogP contribution in [-0.2, 0) is 0 Å². The molecule has 1 aromatic rings. The van der Waals surface area contributed by atoms with Crippen molar-refractivity contribution >= 4 is 0 Å². The van der Waals surface area contributed by atoms with Crippen molar-refractivity contribution < 1.29 is 5.11 Å². The first-order valence-electron chi connectivity index (χ1n) is 6.60. The third-order valence-corrected chi connectivity index (χ3v) is 3.56. The van der Waals surface area contributed by atoms with Crippen LogP contribution in [0.3, 0.4) is 0 Å². The molecule has 1 aliphatic heterocycles. The number of hydrogen-bond donors (Lipinski definition) is 1. The van der Waals surface area contributed by atoms with Gasteiger partial charge in [-0.25, -0.2) is 0 Å². The Morgan fingerprint density at radius 3 is 2.35 bits per heavy atom. The van der Waals surface area contributed by atoms with Crippen LogP contribution in [0.15, 0.2) is 30.3 Å². The molecule has 1 fully saturated rings. The summed E-state index contributed by atoms with van der Waals surface area (Å²) in [6.07, 6.45) is 0.964. The molecule has 2 nitrogen and oxygen atoms in total. The number of rotatable bonds is 3. The molecule has 1 saturated heterocycles. The molecule has 0 saturated carbocycles. The van der Waals surface area contributed by atoms with E-state index >= 15 is 0 Å². The zero-order valence-electron chi connectivity index (χ0n) is 10.8. The molecule has 94 valence electrons. The number of aliphatic hydroxyl groups is 1. The van der Waals surface area contributed by atoms with E-state index in [4.69, 9.17) is 0 Å². The number of piperidine rings is 1. The monoisotopic (exact) mass is 233 g/mol. The van der Waals surface area contributed by atoms with Crippen LogP contribution in [0.4, 0.5) is 0 Å². The molecule has 0 unspecified atom stereocenters. The van der Waals surface area contributed by atoms with Gasteiger partial charge in [0.15, 0.2) is 0 Å². The van der Waals surface area contributed by atoms with E-state index in [0.29, 0.717) is 0 Å². The Morgan fingerprint density at radius 2 is 1.76 bits per heavy atom. The summed E-state index contributed by atoms with van der Waals surface area (Å²) in [5, 5.41) is 10.2. The lowest BCUT2D eigenvalue weighted by atomic mass is 9.91. The maximum absolute atomic E-state index is 10.2. The Bertz CT molecular complexity index is 328. The number of benzene rings is 1. The summed E-state index contributed by atoms with van der Waals surface area (Å²) in [4.78, 5) is 2.40. The first-order chi connectivity index (χ1) is 8.15. The molecule has 0 aliphatic carbocycles. The Morgan fingerprint density at radius 1 is 1.18 bits per heavy atom. The minimum absolute atomic E-state index is 0.353. The van der Waals surface area contributed by atoms with Crippen molar-refractivity contribution in [3.05, 3.63) is 35.9 Å². The predicted octanol–water partition coefficient (Wildman–Crippen LogP) is 2.70. The molecule has 2 heteroatoms. The predicted molar refractivity (Wildman–Crippen MR) is 70.8 cm³/mol. The third-order valence-electron chi connectivity index (χ3n) is 3.56. The zero-order chi connectivity index (χ0) is 12.3. The lowest BCUT2D eigenvalue weighted by Gasteiger charge is -2.36. The van der Waals surface area contributed by atoms with Crippen LogP contribution in [0.1, 0.15) is 31.9 Å². The number of aliphatic hydroxyl groups excluding tert-OH is 1. The first kappa shape index (κ1) is 12.6. The van der Waals surface area contributed by atoms with Crippen molar-refractivity contribution in [1.29, 1.82) is 0 Å². The van der Waals surface area contributed by atoms with Gasteiger partial charge in [-0.05, 0) is 23.8 Å². The van der Waals surface area contributed by atoms with Gasteiger partial charge in [-0.15, -0.1) is 0 Å². The second kappa shape index (κ2) is 5.65. The highest BCUT2D eigenvalue weighted by atomic mass is 16.3. The topological polar surface area (TPSA) is 23.5 Å². The summed E-state index contributed by atoms with van der Waals surface area (Å²) in [5.74, 6) is 1.50. The molecule has 0 spiro atoms. The average Bonchev–Trinajstić information content (AvgIpc) is 2.28. The van der Waals surface area contributed by atoms with Crippen LogP contribution in [-0.4, -0.2) is 29.6 Å². The van der Waals surface area contributed by atoms with E-state index in [-0.39, 0.29) is 6.10 Å². The molecule has 0 bridgehead atoms. The molecule has 1 aliphatic rings. The van der Waals surface area contributed by atoms with E-state index in [1.54, 1.807) is 0 Å². The van der Waals surface area contributed by atoms with E-state index < -0.39 is 0 Å². The molecular weight excluding hydrogens is 210 g/mol. The Kier molecular flexibility index (Phi) is 4.19. The Hall–Kier alpha value is -0.860.